The van der Waals surface area contributed by atoms with Crippen molar-refractivity contribution in [2.24, 2.45) is 0 Å². The van der Waals surface area contributed by atoms with E-state index in [0.717, 1.165) is 11.1 Å². The molecule has 0 atom stereocenters. The molecule has 4 heteroatoms. The van der Waals surface area contributed by atoms with Crippen molar-refractivity contribution >= 4 is 5.95 Å². The molecule has 0 saturated heterocycles. The van der Waals surface area contributed by atoms with E-state index in [1.165, 1.54) is 5.56 Å². The monoisotopic (exact) mass is 252 g/mol. The zero-order valence-corrected chi connectivity index (χ0v) is 11.1. The lowest BCUT2D eigenvalue weighted by Crippen LogP contribution is -2.02. The first kappa shape index (κ1) is 13.0. The van der Waals surface area contributed by atoms with Gasteiger partial charge in [-0.3, -0.25) is 0 Å². The second kappa shape index (κ2) is 5.96. The fourth-order valence-corrected chi connectivity index (χ4v) is 1.75. The van der Waals surface area contributed by atoms with E-state index in [4.69, 9.17) is 5.26 Å². The molecule has 1 N–H and O–H groups in total. The molecular formula is C15H16N4. The minimum absolute atomic E-state index is 0.211. The van der Waals surface area contributed by atoms with Crippen molar-refractivity contribution in [2.45, 2.75) is 19.8 Å². The van der Waals surface area contributed by atoms with E-state index in [1.807, 2.05) is 6.07 Å². The highest BCUT2D eigenvalue weighted by Crippen LogP contribution is 2.21. The number of nitriles is 1. The second-order valence-electron chi connectivity index (χ2n) is 4.58. The van der Waals surface area contributed by atoms with Gasteiger partial charge in [-0.25, -0.2) is 9.97 Å². The summed E-state index contributed by atoms with van der Waals surface area (Å²) in [5.74, 6) is 1.01. The van der Waals surface area contributed by atoms with E-state index in [0.29, 0.717) is 11.9 Å². The van der Waals surface area contributed by atoms with Gasteiger partial charge in [0.25, 0.3) is 0 Å². The van der Waals surface area contributed by atoms with Crippen LogP contribution in [0.15, 0.2) is 36.7 Å². The quantitative estimate of drug-likeness (QED) is 0.849. The smallest absolute Gasteiger partial charge is 0.223 e. The Balaban J connectivity index is 2.15. The van der Waals surface area contributed by atoms with Crippen molar-refractivity contribution in [3.05, 3.63) is 42.2 Å². The Bertz CT molecular complexity index is 565. The average Bonchev–Trinajstić information content (AvgIpc) is 2.46. The van der Waals surface area contributed by atoms with Crippen molar-refractivity contribution < 1.29 is 0 Å². The summed E-state index contributed by atoms with van der Waals surface area (Å²) in [5.41, 5.74) is 3.38. The van der Waals surface area contributed by atoms with Crippen molar-refractivity contribution in [1.82, 2.24) is 9.97 Å². The zero-order valence-electron chi connectivity index (χ0n) is 11.1. The van der Waals surface area contributed by atoms with Crippen LogP contribution in [0.5, 0.6) is 0 Å². The minimum Gasteiger partial charge on any atom is -0.341 e. The van der Waals surface area contributed by atoms with E-state index in [2.05, 4.69) is 53.4 Å². The van der Waals surface area contributed by atoms with Crippen LogP contribution < -0.4 is 5.32 Å². The predicted molar refractivity (Wildman–Crippen MR) is 75.7 cm³/mol. The van der Waals surface area contributed by atoms with Gasteiger partial charge in [0.15, 0.2) is 0 Å². The van der Waals surface area contributed by atoms with E-state index in [9.17, 15) is 0 Å². The lowest BCUT2D eigenvalue weighted by Gasteiger charge is -2.07. The van der Waals surface area contributed by atoms with Crippen molar-refractivity contribution in [3.63, 3.8) is 0 Å². The summed E-state index contributed by atoms with van der Waals surface area (Å²) in [6.45, 7) is 4.56. The van der Waals surface area contributed by atoms with Crippen LogP contribution in [0.3, 0.4) is 0 Å². The highest BCUT2D eigenvalue weighted by molar-refractivity contribution is 5.62. The van der Waals surface area contributed by atoms with E-state index in [-0.39, 0.29) is 6.54 Å². The van der Waals surface area contributed by atoms with Gasteiger partial charge < -0.3 is 5.32 Å². The Kier molecular flexibility index (Phi) is 4.09. The SMILES string of the molecule is CC(C)c1ccc(-c2cnc(NCC#N)nc2)cc1. The first-order chi connectivity index (χ1) is 9.20. The molecule has 0 unspecified atom stereocenters. The molecule has 1 aromatic carbocycles. The van der Waals surface area contributed by atoms with Crippen molar-refractivity contribution in [2.75, 3.05) is 11.9 Å². The normalized spacial score (nSPS) is 10.2. The molecule has 2 rings (SSSR count). The Hall–Kier alpha value is -2.41. The standard InChI is InChI=1S/C15H16N4/c1-11(2)12-3-5-13(6-4-12)14-9-18-15(19-10-14)17-8-7-16/h3-6,9-11H,8H2,1-2H3,(H,17,18,19). The first-order valence-electron chi connectivity index (χ1n) is 6.24. The molecule has 0 spiro atoms. The lowest BCUT2D eigenvalue weighted by atomic mass is 10.00. The van der Waals surface area contributed by atoms with Gasteiger partial charge in [0.05, 0.1) is 6.07 Å². The van der Waals surface area contributed by atoms with Crippen LogP contribution in [0.1, 0.15) is 25.3 Å². The van der Waals surface area contributed by atoms with Gasteiger partial charge in [-0.05, 0) is 17.0 Å². The number of nitrogens with zero attached hydrogens (tertiary/aromatic N) is 3. The summed E-state index contributed by atoms with van der Waals surface area (Å²) < 4.78 is 0. The number of anilines is 1. The summed E-state index contributed by atoms with van der Waals surface area (Å²) in [5, 5.41) is 11.3. The Labute approximate surface area is 113 Å². The maximum absolute atomic E-state index is 8.46. The molecule has 0 fully saturated rings. The molecule has 0 amide bonds. The van der Waals surface area contributed by atoms with Gasteiger partial charge in [0, 0.05) is 18.0 Å². The van der Waals surface area contributed by atoms with Crippen LogP contribution in [0.25, 0.3) is 11.1 Å². The minimum atomic E-state index is 0.211. The summed E-state index contributed by atoms with van der Waals surface area (Å²) in [7, 11) is 0. The average molecular weight is 252 g/mol. The van der Waals surface area contributed by atoms with Gasteiger partial charge in [0.1, 0.15) is 6.54 Å². The van der Waals surface area contributed by atoms with Crippen molar-refractivity contribution in [3.8, 4) is 17.2 Å². The molecule has 19 heavy (non-hydrogen) atoms. The third-order valence-corrected chi connectivity index (χ3v) is 2.89. The fourth-order valence-electron chi connectivity index (χ4n) is 1.75. The number of benzene rings is 1. The molecule has 0 aliphatic heterocycles. The van der Waals surface area contributed by atoms with Crippen LogP contribution in [0.4, 0.5) is 5.95 Å². The van der Waals surface area contributed by atoms with Gasteiger partial charge >= 0.3 is 0 Å². The summed E-state index contributed by atoms with van der Waals surface area (Å²) in [6.07, 6.45) is 3.52. The van der Waals surface area contributed by atoms with E-state index >= 15 is 0 Å². The second-order valence-corrected chi connectivity index (χ2v) is 4.58. The third kappa shape index (κ3) is 3.29. The molecule has 4 nitrogen and oxygen atoms in total. The molecule has 0 radical (unpaired) electrons. The highest BCUT2D eigenvalue weighted by Gasteiger charge is 2.02. The van der Waals surface area contributed by atoms with Gasteiger partial charge in [-0.1, -0.05) is 38.1 Å². The molecule has 1 heterocycles. The zero-order chi connectivity index (χ0) is 13.7. The molecule has 1 aromatic heterocycles. The van der Waals surface area contributed by atoms with Gasteiger partial charge in [-0.2, -0.15) is 5.26 Å². The summed E-state index contributed by atoms with van der Waals surface area (Å²) in [6, 6.07) is 10.4. The largest absolute Gasteiger partial charge is 0.341 e. The predicted octanol–water partition coefficient (Wildman–Crippen LogP) is 3.20. The van der Waals surface area contributed by atoms with Crippen LogP contribution >= 0.6 is 0 Å². The van der Waals surface area contributed by atoms with Gasteiger partial charge in [-0.15, -0.1) is 0 Å². The van der Waals surface area contributed by atoms with Crippen LogP contribution in [-0.2, 0) is 0 Å². The van der Waals surface area contributed by atoms with Crippen LogP contribution in [0, 0.1) is 11.3 Å². The Morgan fingerprint density at radius 1 is 1.11 bits per heavy atom. The molecular weight excluding hydrogens is 236 g/mol. The van der Waals surface area contributed by atoms with Crippen LogP contribution in [-0.4, -0.2) is 16.5 Å². The van der Waals surface area contributed by atoms with Crippen molar-refractivity contribution in [1.29, 1.82) is 5.26 Å². The molecule has 2 aromatic rings. The molecule has 96 valence electrons. The molecule has 0 aliphatic rings. The molecule has 0 saturated carbocycles. The highest BCUT2D eigenvalue weighted by atomic mass is 15.1. The number of aromatic nitrogens is 2. The molecule has 0 aliphatic carbocycles. The number of nitrogens with one attached hydrogen (secondary N) is 1. The topological polar surface area (TPSA) is 61.6 Å². The first-order valence-corrected chi connectivity index (χ1v) is 6.24. The Morgan fingerprint density at radius 2 is 1.74 bits per heavy atom. The number of rotatable bonds is 4. The number of hydrogen-bond donors (Lipinski definition) is 1. The fraction of sp³-hybridized carbons (Fsp3) is 0.267. The maximum Gasteiger partial charge on any atom is 0.223 e. The molecule has 0 bridgehead atoms. The van der Waals surface area contributed by atoms with E-state index < -0.39 is 0 Å². The van der Waals surface area contributed by atoms with E-state index in [1.54, 1.807) is 12.4 Å². The lowest BCUT2D eigenvalue weighted by molar-refractivity contribution is 0.867. The van der Waals surface area contributed by atoms with Crippen LogP contribution in [0.2, 0.25) is 0 Å². The maximum atomic E-state index is 8.46. The van der Waals surface area contributed by atoms with Gasteiger partial charge in [0.2, 0.25) is 5.95 Å². The number of hydrogen-bond acceptors (Lipinski definition) is 4. The summed E-state index contributed by atoms with van der Waals surface area (Å²) >= 11 is 0. The third-order valence-electron chi connectivity index (χ3n) is 2.89. The summed E-state index contributed by atoms with van der Waals surface area (Å²) in [4.78, 5) is 8.35. The Morgan fingerprint density at radius 3 is 2.26 bits per heavy atom.